The van der Waals surface area contributed by atoms with Crippen LogP contribution >= 0.6 is 0 Å². The molecule has 1 N–H and O–H groups in total. The minimum absolute atomic E-state index is 0.00909. The lowest BCUT2D eigenvalue weighted by Crippen LogP contribution is -2.46. The molecule has 24 heavy (non-hydrogen) atoms. The van der Waals surface area contributed by atoms with Gasteiger partial charge in [0.05, 0.1) is 6.04 Å². The summed E-state index contributed by atoms with van der Waals surface area (Å²) >= 11 is 0. The summed E-state index contributed by atoms with van der Waals surface area (Å²) < 4.78 is 0. The highest BCUT2D eigenvalue weighted by molar-refractivity contribution is 5.87. The van der Waals surface area contributed by atoms with Gasteiger partial charge in [-0.05, 0) is 44.2 Å². The number of nitrogens with one attached hydrogen (secondary N) is 1. The van der Waals surface area contributed by atoms with Crippen molar-refractivity contribution < 1.29 is 9.59 Å². The van der Waals surface area contributed by atoms with E-state index in [1.165, 1.54) is 19.3 Å². The average Bonchev–Trinajstić information content (AvgIpc) is 2.61. The van der Waals surface area contributed by atoms with Crippen LogP contribution in [0.3, 0.4) is 0 Å². The van der Waals surface area contributed by atoms with Crippen LogP contribution in [-0.2, 0) is 9.59 Å². The van der Waals surface area contributed by atoms with Gasteiger partial charge in [0.2, 0.25) is 11.8 Å². The third-order valence-corrected chi connectivity index (χ3v) is 5.04. The summed E-state index contributed by atoms with van der Waals surface area (Å²) in [5.41, 5.74) is 0.981. The number of rotatable bonds is 6. The second-order valence-corrected chi connectivity index (χ2v) is 6.91. The number of pyridine rings is 1. The second-order valence-electron chi connectivity index (χ2n) is 6.91. The van der Waals surface area contributed by atoms with Crippen LogP contribution in [0.1, 0.15) is 64.0 Å². The fraction of sp³-hybridized carbons (Fsp3) is 0.632. The van der Waals surface area contributed by atoms with E-state index in [4.69, 9.17) is 0 Å². The van der Waals surface area contributed by atoms with Gasteiger partial charge in [-0.3, -0.25) is 14.6 Å². The van der Waals surface area contributed by atoms with Gasteiger partial charge in [0.25, 0.3) is 0 Å². The van der Waals surface area contributed by atoms with Crippen molar-refractivity contribution in [3.05, 3.63) is 30.1 Å². The molecule has 132 valence electrons. The largest absolute Gasteiger partial charge is 0.345 e. The van der Waals surface area contributed by atoms with Crippen molar-refractivity contribution in [3.8, 4) is 0 Å². The van der Waals surface area contributed by atoms with Crippen molar-refractivity contribution in [2.75, 3.05) is 7.05 Å². The van der Waals surface area contributed by atoms with Crippen molar-refractivity contribution in [2.45, 2.75) is 64.5 Å². The molecule has 0 aromatic carbocycles. The Bertz CT molecular complexity index is 541. The van der Waals surface area contributed by atoms with Crippen LogP contribution in [0.25, 0.3) is 0 Å². The standard InChI is InChI=1S/C19H29N3O2/c1-14(21-18(23)12-16-8-5-4-6-9-16)19(24)22(3)15(2)17-10-7-11-20-13-17/h7,10-11,13-16H,4-6,8-9,12H2,1-3H3,(H,21,23). The molecule has 1 aliphatic carbocycles. The van der Waals surface area contributed by atoms with Gasteiger partial charge in [-0.1, -0.05) is 25.3 Å². The van der Waals surface area contributed by atoms with Gasteiger partial charge in [-0.2, -0.15) is 0 Å². The predicted octanol–water partition coefficient (Wildman–Crippen LogP) is 3.08. The lowest BCUT2D eigenvalue weighted by atomic mass is 9.87. The molecule has 1 aliphatic rings. The molecule has 2 amide bonds. The van der Waals surface area contributed by atoms with E-state index in [0.717, 1.165) is 18.4 Å². The summed E-state index contributed by atoms with van der Waals surface area (Å²) in [6.07, 6.45) is 10.0. The lowest BCUT2D eigenvalue weighted by Gasteiger charge is -2.28. The highest BCUT2D eigenvalue weighted by atomic mass is 16.2. The molecular formula is C19H29N3O2. The summed E-state index contributed by atoms with van der Waals surface area (Å²) in [4.78, 5) is 30.5. The molecule has 2 atom stereocenters. The zero-order valence-electron chi connectivity index (χ0n) is 15.0. The topological polar surface area (TPSA) is 62.3 Å². The van der Waals surface area contributed by atoms with E-state index < -0.39 is 6.04 Å². The molecule has 2 unspecified atom stereocenters. The third-order valence-electron chi connectivity index (χ3n) is 5.04. The summed E-state index contributed by atoms with van der Waals surface area (Å²) in [6, 6.07) is 3.22. The molecule has 5 heteroatoms. The van der Waals surface area contributed by atoms with Crippen LogP contribution < -0.4 is 5.32 Å². The predicted molar refractivity (Wildman–Crippen MR) is 94.2 cm³/mol. The molecule has 5 nitrogen and oxygen atoms in total. The first-order valence-corrected chi connectivity index (χ1v) is 8.95. The van der Waals surface area contributed by atoms with E-state index in [0.29, 0.717) is 12.3 Å². The van der Waals surface area contributed by atoms with Crippen molar-refractivity contribution in [2.24, 2.45) is 5.92 Å². The molecule has 0 saturated heterocycles. The first-order chi connectivity index (χ1) is 11.5. The molecule has 1 fully saturated rings. The van der Waals surface area contributed by atoms with E-state index in [-0.39, 0.29) is 17.9 Å². The number of amides is 2. The van der Waals surface area contributed by atoms with Crippen molar-refractivity contribution in [1.82, 2.24) is 15.2 Å². The highest BCUT2D eigenvalue weighted by Crippen LogP contribution is 2.26. The smallest absolute Gasteiger partial charge is 0.245 e. The quantitative estimate of drug-likeness (QED) is 0.871. The van der Waals surface area contributed by atoms with E-state index in [1.54, 1.807) is 31.3 Å². The lowest BCUT2D eigenvalue weighted by molar-refractivity contribution is -0.136. The van der Waals surface area contributed by atoms with Crippen LogP contribution in [-0.4, -0.2) is 34.8 Å². The highest BCUT2D eigenvalue weighted by Gasteiger charge is 2.25. The van der Waals surface area contributed by atoms with Crippen LogP contribution in [0.5, 0.6) is 0 Å². The van der Waals surface area contributed by atoms with Crippen LogP contribution in [0.15, 0.2) is 24.5 Å². The Balaban J connectivity index is 1.85. The molecule has 1 heterocycles. The van der Waals surface area contributed by atoms with E-state index >= 15 is 0 Å². The fourth-order valence-electron chi connectivity index (χ4n) is 3.36. The normalized spacial score (nSPS) is 17.8. The molecule has 0 radical (unpaired) electrons. The van der Waals surface area contributed by atoms with Crippen LogP contribution in [0.4, 0.5) is 0 Å². The molecular weight excluding hydrogens is 302 g/mol. The Morgan fingerprint density at radius 3 is 2.62 bits per heavy atom. The van der Waals surface area contributed by atoms with Crippen molar-refractivity contribution in [1.29, 1.82) is 0 Å². The first-order valence-electron chi connectivity index (χ1n) is 8.95. The van der Waals surface area contributed by atoms with Crippen LogP contribution in [0.2, 0.25) is 0 Å². The Morgan fingerprint density at radius 1 is 1.29 bits per heavy atom. The van der Waals surface area contributed by atoms with Crippen LogP contribution in [0, 0.1) is 5.92 Å². The Labute approximate surface area is 144 Å². The fourth-order valence-corrected chi connectivity index (χ4v) is 3.36. The van der Waals surface area contributed by atoms with Crippen molar-refractivity contribution in [3.63, 3.8) is 0 Å². The van der Waals surface area contributed by atoms with Gasteiger partial charge >= 0.3 is 0 Å². The average molecular weight is 331 g/mol. The summed E-state index contributed by atoms with van der Waals surface area (Å²) in [5, 5.41) is 2.87. The van der Waals surface area contributed by atoms with Gasteiger partial charge in [0, 0.05) is 25.9 Å². The number of carbonyl (C=O) groups excluding carboxylic acids is 2. The molecule has 1 aromatic rings. The Morgan fingerprint density at radius 2 is 2.00 bits per heavy atom. The van der Waals surface area contributed by atoms with Gasteiger partial charge in [0.1, 0.15) is 6.04 Å². The minimum atomic E-state index is -0.509. The molecule has 2 rings (SSSR count). The van der Waals surface area contributed by atoms with E-state index in [2.05, 4.69) is 10.3 Å². The SMILES string of the molecule is CC(NC(=O)CC1CCCCC1)C(=O)N(C)C(C)c1cccnc1. The molecule has 0 aliphatic heterocycles. The summed E-state index contributed by atoms with van der Waals surface area (Å²) in [7, 11) is 1.77. The second kappa shape index (κ2) is 8.81. The van der Waals surface area contributed by atoms with E-state index in [9.17, 15) is 9.59 Å². The zero-order chi connectivity index (χ0) is 17.5. The number of nitrogens with zero attached hydrogens (tertiary/aromatic N) is 2. The maximum absolute atomic E-state index is 12.6. The summed E-state index contributed by atoms with van der Waals surface area (Å²) in [6.45, 7) is 3.72. The van der Waals surface area contributed by atoms with Gasteiger partial charge in [0.15, 0.2) is 0 Å². The maximum Gasteiger partial charge on any atom is 0.245 e. The molecule has 1 saturated carbocycles. The number of likely N-dealkylation sites (N-methyl/N-ethyl adjacent to an activating group) is 1. The minimum Gasteiger partial charge on any atom is -0.345 e. The maximum atomic E-state index is 12.6. The van der Waals surface area contributed by atoms with E-state index in [1.807, 2.05) is 19.1 Å². The van der Waals surface area contributed by atoms with Gasteiger partial charge in [-0.25, -0.2) is 0 Å². The van der Waals surface area contributed by atoms with Gasteiger partial charge in [-0.15, -0.1) is 0 Å². The number of carbonyl (C=O) groups is 2. The Kier molecular flexibility index (Phi) is 6.76. The monoisotopic (exact) mass is 331 g/mol. The van der Waals surface area contributed by atoms with Crippen molar-refractivity contribution >= 4 is 11.8 Å². The number of aromatic nitrogens is 1. The molecule has 0 bridgehead atoms. The number of hydrogen-bond donors (Lipinski definition) is 1. The Hall–Kier alpha value is -1.91. The number of hydrogen-bond acceptors (Lipinski definition) is 3. The summed E-state index contributed by atoms with van der Waals surface area (Å²) in [5.74, 6) is 0.390. The molecule has 0 spiro atoms. The zero-order valence-corrected chi connectivity index (χ0v) is 15.0. The first kappa shape index (κ1) is 18.4. The molecule has 1 aromatic heterocycles. The third kappa shape index (κ3) is 5.05. The van der Waals surface area contributed by atoms with Gasteiger partial charge < -0.3 is 10.2 Å².